The molecular formula is C13H13N3. The maximum absolute atomic E-state index is 9.04. The summed E-state index contributed by atoms with van der Waals surface area (Å²) in [5.41, 5.74) is 2.59. The summed E-state index contributed by atoms with van der Waals surface area (Å²) < 4.78 is 2.13. The number of imidazole rings is 1. The Morgan fingerprint density at radius 1 is 1.50 bits per heavy atom. The number of nitriles is 1. The Bertz CT molecular complexity index is 603. The van der Waals surface area contributed by atoms with Crippen LogP contribution >= 0.6 is 0 Å². The third-order valence-electron chi connectivity index (χ3n) is 3.51. The van der Waals surface area contributed by atoms with Crippen molar-refractivity contribution in [3.8, 4) is 6.07 Å². The first-order chi connectivity index (χ1) is 7.72. The van der Waals surface area contributed by atoms with Gasteiger partial charge in [-0.25, -0.2) is 4.98 Å². The van der Waals surface area contributed by atoms with Gasteiger partial charge in [-0.15, -0.1) is 0 Å². The monoisotopic (exact) mass is 211 g/mol. The lowest BCUT2D eigenvalue weighted by Crippen LogP contribution is -1.95. The van der Waals surface area contributed by atoms with Crippen LogP contribution in [0.15, 0.2) is 18.2 Å². The van der Waals surface area contributed by atoms with Crippen molar-refractivity contribution in [2.24, 2.45) is 13.0 Å². The van der Waals surface area contributed by atoms with Gasteiger partial charge in [0, 0.05) is 13.0 Å². The molecule has 80 valence electrons. The summed E-state index contributed by atoms with van der Waals surface area (Å²) in [6, 6.07) is 7.98. The zero-order chi connectivity index (χ0) is 11.3. The van der Waals surface area contributed by atoms with Gasteiger partial charge < -0.3 is 4.57 Å². The molecule has 1 heterocycles. The van der Waals surface area contributed by atoms with Crippen molar-refractivity contribution in [1.29, 1.82) is 5.26 Å². The molecule has 0 radical (unpaired) electrons. The Morgan fingerprint density at radius 3 is 2.88 bits per heavy atom. The molecule has 3 rings (SSSR count). The van der Waals surface area contributed by atoms with Gasteiger partial charge in [0.1, 0.15) is 17.4 Å². The Labute approximate surface area is 94.3 Å². The fourth-order valence-corrected chi connectivity index (χ4v) is 2.34. The number of aromatic nitrogens is 2. The van der Waals surface area contributed by atoms with Crippen LogP contribution in [-0.2, 0) is 7.05 Å². The third-order valence-corrected chi connectivity index (χ3v) is 3.51. The van der Waals surface area contributed by atoms with Crippen molar-refractivity contribution in [3.05, 3.63) is 29.6 Å². The summed E-state index contributed by atoms with van der Waals surface area (Å²) in [5.74, 6) is 2.45. The molecule has 1 saturated carbocycles. The lowest BCUT2D eigenvalue weighted by molar-refractivity contribution is 0.779. The minimum absolute atomic E-state index is 0.587. The summed E-state index contributed by atoms with van der Waals surface area (Å²) in [6.45, 7) is 2.25. The standard InChI is InChI=1S/C13H13N3/c1-8-6-10(8)13-15-12-9(7-14)4-3-5-11(12)16(13)2/h3-5,8,10H,6H2,1-2H3. The molecule has 2 aromatic rings. The van der Waals surface area contributed by atoms with Crippen LogP contribution in [0.5, 0.6) is 0 Å². The number of hydrogen-bond donors (Lipinski definition) is 0. The van der Waals surface area contributed by atoms with Crippen molar-refractivity contribution in [1.82, 2.24) is 9.55 Å². The van der Waals surface area contributed by atoms with Crippen molar-refractivity contribution in [2.45, 2.75) is 19.3 Å². The fraction of sp³-hybridized carbons (Fsp3) is 0.385. The smallest absolute Gasteiger partial charge is 0.113 e. The number of rotatable bonds is 1. The summed E-state index contributed by atoms with van der Waals surface area (Å²) in [4.78, 5) is 4.64. The summed E-state index contributed by atoms with van der Waals surface area (Å²) in [7, 11) is 2.04. The molecule has 0 bridgehead atoms. The van der Waals surface area contributed by atoms with Crippen LogP contribution in [0.2, 0.25) is 0 Å². The molecule has 1 aromatic heterocycles. The van der Waals surface area contributed by atoms with Crippen LogP contribution in [0.25, 0.3) is 11.0 Å². The van der Waals surface area contributed by atoms with Crippen LogP contribution in [0.1, 0.15) is 30.7 Å². The first-order valence-electron chi connectivity index (χ1n) is 5.58. The maximum atomic E-state index is 9.04. The Hall–Kier alpha value is -1.82. The minimum atomic E-state index is 0.587. The van der Waals surface area contributed by atoms with E-state index in [0.717, 1.165) is 22.8 Å². The molecule has 0 N–H and O–H groups in total. The number of fused-ring (bicyclic) bond motifs is 1. The highest BCUT2D eigenvalue weighted by Gasteiger charge is 2.37. The van der Waals surface area contributed by atoms with Gasteiger partial charge in [-0.2, -0.15) is 5.26 Å². The van der Waals surface area contributed by atoms with Gasteiger partial charge in [0.05, 0.1) is 11.1 Å². The molecule has 16 heavy (non-hydrogen) atoms. The summed E-state index contributed by atoms with van der Waals surface area (Å²) in [6.07, 6.45) is 1.22. The molecular weight excluding hydrogens is 198 g/mol. The molecule has 1 aliphatic rings. The van der Waals surface area contributed by atoms with E-state index in [0.29, 0.717) is 11.5 Å². The average Bonchev–Trinajstić information content (AvgIpc) is 2.92. The molecule has 3 nitrogen and oxygen atoms in total. The van der Waals surface area contributed by atoms with Crippen molar-refractivity contribution in [2.75, 3.05) is 0 Å². The lowest BCUT2D eigenvalue weighted by Gasteiger charge is -1.99. The molecule has 0 saturated heterocycles. The zero-order valence-corrected chi connectivity index (χ0v) is 9.44. The number of nitrogens with zero attached hydrogens (tertiary/aromatic N) is 3. The van der Waals surface area contributed by atoms with E-state index in [1.54, 1.807) is 0 Å². The minimum Gasteiger partial charge on any atom is -0.331 e. The van der Waals surface area contributed by atoms with Gasteiger partial charge in [-0.1, -0.05) is 13.0 Å². The summed E-state index contributed by atoms with van der Waals surface area (Å²) >= 11 is 0. The topological polar surface area (TPSA) is 41.6 Å². The molecule has 0 spiro atoms. The predicted molar refractivity (Wildman–Crippen MR) is 62.0 cm³/mol. The van der Waals surface area contributed by atoms with E-state index in [1.165, 1.54) is 6.42 Å². The Balaban J connectivity index is 2.27. The first-order valence-corrected chi connectivity index (χ1v) is 5.58. The molecule has 1 aromatic carbocycles. The normalized spacial score (nSPS) is 23.3. The van der Waals surface area contributed by atoms with Crippen molar-refractivity contribution < 1.29 is 0 Å². The van der Waals surface area contributed by atoms with Crippen LogP contribution in [0.3, 0.4) is 0 Å². The number of para-hydroxylation sites is 1. The molecule has 1 fully saturated rings. The van der Waals surface area contributed by atoms with Gasteiger partial charge in [-0.3, -0.25) is 0 Å². The largest absolute Gasteiger partial charge is 0.331 e. The number of aryl methyl sites for hydroxylation is 1. The van der Waals surface area contributed by atoms with E-state index in [9.17, 15) is 0 Å². The van der Waals surface area contributed by atoms with E-state index in [-0.39, 0.29) is 0 Å². The van der Waals surface area contributed by atoms with E-state index >= 15 is 0 Å². The SMILES string of the molecule is CC1CC1c1nc2c(C#N)cccc2n1C. The van der Waals surface area contributed by atoms with Crippen LogP contribution < -0.4 is 0 Å². The molecule has 0 aliphatic heterocycles. The second-order valence-corrected chi connectivity index (χ2v) is 4.63. The average molecular weight is 211 g/mol. The van der Waals surface area contributed by atoms with E-state index in [2.05, 4.69) is 22.5 Å². The quantitative estimate of drug-likeness (QED) is 0.727. The van der Waals surface area contributed by atoms with Crippen LogP contribution in [0.4, 0.5) is 0 Å². The predicted octanol–water partition coefficient (Wildman–Crippen LogP) is 2.57. The van der Waals surface area contributed by atoms with Crippen LogP contribution in [0, 0.1) is 17.2 Å². The molecule has 2 atom stereocenters. The molecule has 3 heteroatoms. The van der Waals surface area contributed by atoms with Gasteiger partial charge in [-0.05, 0) is 24.5 Å². The van der Waals surface area contributed by atoms with Crippen molar-refractivity contribution >= 4 is 11.0 Å². The molecule has 2 unspecified atom stereocenters. The van der Waals surface area contributed by atoms with E-state index in [4.69, 9.17) is 5.26 Å². The third kappa shape index (κ3) is 1.16. The van der Waals surface area contributed by atoms with Crippen molar-refractivity contribution in [3.63, 3.8) is 0 Å². The number of hydrogen-bond acceptors (Lipinski definition) is 2. The van der Waals surface area contributed by atoms with Gasteiger partial charge in [0.25, 0.3) is 0 Å². The fourth-order valence-electron chi connectivity index (χ4n) is 2.34. The highest BCUT2D eigenvalue weighted by molar-refractivity contribution is 5.82. The second-order valence-electron chi connectivity index (χ2n) is 4.63. The van der Waals surface area contributed by atoms with Gasteiger partial charge >= 0.3 is 0 Å². The summed E-state index contributed by atoms with van der Waals surface area (Å²) in [5, 5.41) is 9.04. The maximum Gasteiger partial charge on any atom is 0.113 e. The van der Waals surface area contributed by atoms with E-state index < -0.39 is 0 Å². The van der Waals surface area contributed by atoms with Gasteiger partial charge in [0.15, 0.2) is 0 Å². The number of benzene rings is 1. The second kappa shape index (κ2) is 3.08. The molecule has 0 amide bonds. The highest BCUT2D eigenvalue weighted by atomic mass is 15.1. The highest BCUT2D eigenvalue weighted by Crippen LogP contribution is 2.46. The lowest BCUT2D eigenvalue weighted by atomic mass is 10.2. The first kappa shape index (κ1) is 9.41. The Kier molecular flexibility index (Phi) is 1.81. The Morgan fingerprint density at radius 2 is 2.25 bits per heavy atom. The van der Waals surface area contributed by atoms with E-state index in [1.807, 2.05) is 25.2 Å². The molecule has 1 aliphatic carbocycles. The van der Waals surface area contributed by atoms with Gasteiger partial charge in [0.2, 0.25) is 0 Å². The van der Waals surface area contributed by atoms with Crippen LogP contribution in [-0.4, -0.2) is 9.55 Å². The zero-order valence-electron chi connectivity index (χ0n) is 9.44.